The average molecular weight is 427 g/mol. The maximum Gasteiger partial charge on any atom is 0.243 e. The van der Waals surface area contributed by atoms with Gasteiger partial charge in [0.05, 0.1) is 29.3 Å². The zero-order valence-corrected chi connectivity index (χ0v) is 17.2. The molecule has 2 aromatic rings. The summed E-state index contributed by atoms with van der Waals surface area (Å²) in [7, 11) is 0. The molecule has 0 bridgehead atoms. The van der Waals surface area contributed by atoms with E-state index in [1.165, 1.54) is 0 Å². The van der Waals surface area contributed by atoms with Gasteiger partial charge in [0.25, 0.3) is 0 Å². The lowest BCUT2D eigenvalue weighted by molar-refractivity contribution is -0.124. The Morgan fingerprint density at radius 2 is 2.06 bits per heavy atom. The second-order valence-electron chi connectivity index (χ2n) is 8.01. The van der Waals surface area contributed by atoms with Crippen LogP contribution in [-0.2, 0) is 16.0 Å². The van der Waals surface area contributed by atoms with Crippen LogP contribution in [0.3, 0.4) is 0 Å². The van der Waals surface area contributed by atoms with Gasteiger partial charge in [-0.2, -0.15) is 10.5 Å². The highest BCUT2D eigenvalue weighted by atomic mass is 16.5. The summed E-state index contributed by atoms with van der Waals surface area (Å²) >= 11 is 0. The number of fused-ring (bicyclic) bond motifs is 2. The molecule has 0 aromatic heterocycles. The zero-order valence-electron chi connectivity index (χ0n) is 17.2. The molecule has 2 N–H and O–H groups in total. The standard InChI is InChI=1S/C24H21N5O3/c25-12-15-5-6-21-17(9-15)10-18(14-31-21)27-24(30)20-11-23-29(28-20)8-7-22(32-23)19-4-2-1-3-16(19)13-26/h1-6,9,11,18,20,22,28H,7-8,10,14H2,(H,27,30). The van der Waals surface area contributed by atoms with Gasteiger partial charge in [-0.15, -0.1) is 0 Å². The number of nitrogens with zero attached hydrogens (tertiary/aromatic N) is 3. The minimum absolute atomic E-state index is 0.169. The van der Waals surface area contributed by atoms with Crippen molar-refractivity contribution in [3.63, 3.8) is 0 Å². The summed E-state index contributed by atoms with van der Waals surface area (Å²) in [6.07, 6.45) is 2.84. The van der Waals surface area contributed by atoms with E-state index in [4.69, 9.17) is 14.7 Å². The summed E-state index contributed by atoms with van der Waals surface area (Å²) in [5, 5.41) is 23.4. The molecule has 3 aliphatic heterocycles. The van der Waals surface area contributed by atoms with Gasteiger partial charge in [0.15, 0.2) is 0 Å². The van der Waals surface area contributed by atoms with Crippen LogP contribution in [0.4, 0.5) is 0 Å². The van der Waals surface area contributed by atoms with Gasteiger partial charge in [-0.05, 0) is 36.2 Å². The second kappa shape index (κ2) is 8.26. The fourth-order valence-electron chi connectivity index (χ4n) is 4.31. The summed E-state index contributed by atoms with van der Waals surface area (Å²) in [5.41, 5.74) is 6.12. The first kappa shape index (κ1) is 19.9. The van der Waals surface area contributed by atoms with Crippen molar-refractivity contribution < 1.29 is 14.3 Å². The van der Waals surface area contributed by atoms with Crippen LogP contribution < -0.4 is 15.5 Å². The lowest BCUT2D eigenvalue weighted by Crippen LogP contribution is -2.51. The molecule has 32 heavy (non-hydrogen) atoms. The zero-order chi connectivity index (χ0) is 22.1. The van der Waals surface area contributed by atoms with Crippen molar-refractivity contribution in [3.8, 4) is 17.9 Å². The Kier molecular flexibility index (Phi) is 5.14. The Morgan fingerprint density at radius 1 is 1.19 bits per heavy atom. The molecule has 3 atom stereocenters. The van der Waals surface area contributed by atoms with Crippen molar-refractivity contribution in [1.29, 1.82) is 10.5 Å². The average Bonchev–Trinajstić information content (AvgIpc) is 3.27. The minimum atomic E-state index is -0.554. The first-order valence-corrected chi connectivity index (χ1v) is 10.5. The molecule has 8 heteroatoms. The highest BCUT2D eigenvalue weighted by molar-refractivity contribution is 5.84. The number of hydrogen-bond acceptors (Lipinski definition) is 7. The maximum atomic E-state index is 12.9. The quantitative estimate of drug-likeness (QED) is 0.771. The lowest BCUT2D eigenvalue weighted by atomic mass is 10.00. The van der Waals surface area contributed by atoms with E-state index in [2.05, 4.69) is 22.9 Å². The number of carbonyl (C=O) groups is 1. The van der Waals surface area contributed by atoms with E-state index in [9.17, 15) is 10.1 Å². The number of hydrazine groups is 1. The van der Waals surface area contributed by atoms with Crippen molar-refractivity contribution >= 4 is 5.91 Å². The van der Waals surface area contributed by atoms with Gasteiger partial charge < -0.3 is 14.8 Å². The molecule has 3 aliphatic rings. The minimum Gasteiger partial charge on any atom is -0.491 e. The number of hydrogen-bond donors (Lipinski definition) is 2. The molecule has 3 unspecified atom stereocenters. The number of ether oxygens (including phenoxy) is 2. The van der Waals surface area contributed by atoms with E-state index in [0.29, 0.717) is 43.0 Å². The largest absolute Gasteiger partial charge is 0.491 e. The molecule has 0 saturated carbocycles. The smallest absolute Gasteiger partial charge is 0.243 e. The topological polar surface area (TPSA) is 110 Å². The van der Waals surface area contributed by atoms with Crippen LogP contribution in [0.5, 0.6) is 5.75 Å². The van der Waals surface area contributed by atoms with E-state index in [1.54, 1.807) is 30.3 Å². The highest BCUT2D eigenvalue weighted by Gasteiger charge is 2.36. The molecule has 160 valence electrons. The molecule has 2 aromatic carbocycles. The summed E-state index contributed by atoms with van der Waals surface area (Å²) in [5.74, 6) is 1.18. The van der Waals surface area contributed by atoms with Crippen molar-refractivity contribution in [3.05, 3.63) is 76.7 Å². The molecule has 0 radical (unpaired) electrons. The van der Waals surface area contributed by atoms with Crippen molar-refractivity contribution in [2.45, 2.75) is 31.0 Å². The Labute approximate surface area is 185 Å². The van der Waals surface area contributed by atoms with Gasteiger partial charge in [-0.3, -0.25) is 9.80 Å². The predicted octanol–water partition coefficient (Wildman–Crippen LogP) is 2.04. The molecule has 5 rings (SSSR count). The Balaban J connectivity index is 1.24. The van der Waals surface area contributed by atoms with E-state index < -0.39 is 6.04 Å². The molecule has 1 fully saturated rings. The molecular formula is C24H21N5O3. The third-order valence-corrected chi connectivity index (χ3v) is 5.90. The van der Waals surface area contributed by atoms with Crippen molar-refractivity contribution in [2.75, 3.05) is 13.2 Å². The fourth-order valence-corrected chi connectivity index (χ4v) is 4.31. The van der Waals surface area contributed by atoms with Crippen LogP contribution in [0.15, 0.2) is 54.4 Å². The van der Waals surface area contributed by atoms with Crippen molar-refractivity contribution in [1.82, 2.24) is 15.8 Å². The first-order valence-electron chi connectivity index (χ1n) is 10.5. The van der Waals surface area contributed by atoms with Gasteiger partial charge >= 0.3 is 0 Å². The second-order valence-corrected chi connectivity index (χ2v) is 8.01. The normalized spacial score (nSPS) is 23.4. The first-order chi connectivity index (χ1) is 15.6. The number of nitriles is 2. The molecular weight excluding hydrogens is 406 g/mol. The van der Waals surface area contributed by atoms with Crippen LogP contribution in [0.1, 0.15) is 34.8 Å². The van der Waals surface area contributed by atoms with Crippen molar-refractivity contribution in [2.24, 2.45) is 0 Å². The summed E-state index contributed by atoms with van der Waals surface area (Å²) < 4.78 is 11.9. The van der Waals surface area contributed by atoms with E-state index in [-0.39, 0.29) is 18.1 Å². The molecule has 1 saturated heterocycles. The van der Waals surface area contributed by atoms with Gasteiger partial charge in [-0.1, -0.05) is 18.2 Å². The highest BCUT2D eigenvalue weighted by Crippen LogP contribution is 2.34. The summed E-state index contributed by atoms with van der Waals surface area (Å²) in [6.45, 7) is 1.04. The van der Waals surface area contributed by atoms with Gasteiger partial charge in [-0.25, -0.2) is 5.43 Å². The van der Waals surface area contributed by atoms with Crippen LogP contribution in [0, 0.1) is 22.7 Å². The van der Waals surface area contributed by atoms with E-state index >= 15 is 0 Å². The van der Waals surface area contributed by atoms with Gasteiger partial charge in [0.1, 0.15) is 24.5 Å². The number of amides is 1. The third kappa shape index (κ3) is 3.73. The fraction of sp³-hybridized carbons (Fsp3) is 0.292. The van der Waals surface area contributed by atoms with Gasteiger partial charge in [0.2, 0.25) is 11.8 Å². The summed E-state index contributed by atoms with van der Waals surface area (Å²) in [4.78, 5) is 12.9. The summed E-state index contributed by atoms with van der Waals surface area (Å²) in [6, 6.07) is 16.4. The number of rotatable bonds is 3. The molecule has 0 aliphatic carbocycles. The number of benzene rings is 2. The lowest BCUT2D eigenvalue weighted by Gasteiger charge is -2.33. The van der Waals surface area contributed by atoms with Crippen LogP contribution in [0.25, 0.3) is 0 Å². The van der Waals surface area contributed by atoms with Crippen LogP contribution in [-0.4, -0.2) is 36.2 Å². The molecule has 0 spiro atoms. The van der Waals surface area contributed by atoms with E-state index in [1.807, 2.05) is 23.2 Å². The Hall–Kier alpha value is -4.01. The SMILES string of the molecule is N#Cc1ccc2c(c1)CC(NC(=O)C1C=C3OC(c4ccccc4C#N)CCN3N1)CO2. The Morgan fingerprint density at radius 3 is 2.91 bits per heavy atom. The maximum absolute atomic E-state index is 12.9. The van der Waals surface area contributed by atoms with Gasteiger partial charge in [0, 0.05) is 24.6 Å². The molecule has 8 nitrogen and oxygen atoms in total. The Bertz CT molecular complexity index is 1180. The molecule has 1 amide bonds. The predicted molar refractivity (Wildman–Crippen MR) is 114 cm³/mol. The third-order valence-electron chi connectivity index (χ3n) is 5.90. The van der Waals surface area contributed by atoms with E-state index in [0.717, 1.165) is 16.9 Å². The number of carbonyl (C=O) groups excluding carboxylic acids is 1. The molecule has 3 heterocycles. The van der Waals surface area contributed by atoms with Crippen LogP contribution >= 0.6 is 0 Å². The van der Waals surface area contributed by atoms with Crippen LogP contribution in [0.2, 0.25) is 0 Å². The monoisotopic (exact) mass is 427 g/mol. The number of nitrogens with one attached hydrogen (secondary N) is 2.